The van der Waals surface area contributed by atoms with Gasteiger partial charge in [0.2, 0.25) is 0 Å². The van der Waals surface area contributed by atoms with E-state index in [1.54, 1.807) is 31.2 Å². The molecule has 3 aromatic rings. The Kier molecular flexibility index (Phi) is 5.56. The Bertz CT molecular complexity index is 1230. The lowest BCUT2D eigenvalue weighted by Crippen LogP contribution is -2.23. The second-order valence-corrected chi connectivity index (χ2v) is 14.1. The molecule has 9 heteroatoms. The van der Waals surface area contributed by atoms with E-state index in [2.05, 4.69) is 9.88 Å². The number of hydrogen-bond donors (Lipinski definition) is 0. The van der Waals surface area contributed by atoms with Gasteiger partial charge in [0.05, 0.1) is 37.5 Å². The molecule has 33 heavy (non-hydrogen) atoms. The van der Waals surface area contributed by atoms with Gasteiger partial charge in [-0.15, -0.1) is 11.7 Å². The fraction of sp³-hybridized carbons (Fsp3) is 0.417. The van der Waals surface area contributed by atoms with Crippen molar-refractivity contribution >= 4 is 20.4 Å². The van der Waals surface area contributed by atoms with E-state index < -0.39 is 19.9 Å². The molecule has 0 aliphatic carbocycles. The van der Waals surface area contributed by atoms with Gasteiger partial charge < -0.3 is 9.64 Å². The summed E-state index contributed by atoms with van der Waals surface area (Å²) in [6.45, 7) is 5.61. The summed E-state index contributed by atoms with van der Waals surface area (Å²) in [5, 5.41) is -0.0537. The summed E-state index contributed by atoms with van der Waals surface area (Å²) in [6, 6.07) is 10.2. The van der Waals surface area contributed by atoms with Crippen molar-refractivity contribution in [2.45, 2.75) is 31.1 Å². The molecule has 1 saturated heterocycles. The van der Waals surface area contributed by atoms with Crippen LogP contribution in [0.15, 0.2) is 52.2 Å². The topological polar surface area (TPSA) is 47.4 Å². The monoisotopic (exact) mass is 481 g/mol. The van der Waals surface area contributed by atoms with Crippen molar-refractivity contribution in [3.63, 3.8) is 0 Å². The fourth-order valence-electron chi connectivity index (χ4n) is 4.15. The number of fused-ring (bicyclic) bond motifs is 1. The third-order valence-electron chi connectivity index (χ3n) is 5.93. The molecule has 0 amide bonds. The van der Waals surface area contributed by atoms with Gasteiger partial charge in [-0.1, -0.05) is 0 Å². The van der Waals surface area contributed by atoms with Crippen LogP contribution in [0.25, 0.3) is 16.6 Å². The van der Waals surface area contributed by atoms with Crippen LogP contribution < -0.4 is 10.3 Å². The number of aromatic nitrogens is 2. The first-order chi connectivity index (χ1) is 15.3. The van der Waals surface area contributed by atoms with E-state index in [9.17, 15) is 16.5 Å². The Balaban J connectivity index is 1.57. The van der Waals surface area contributed by atoms with E-state index in [0.717, 1.165) is 38.2 Å². The van der Waals surface area contributed by atoms with Gasteiger partial charge in [-0.3, -0.25) is 9.36 Å². The maximum absolute atomic E-state index is 14.6. The predicted molar refractivity (Wildman–Crippen MR) is 129 cm³/mol. The Morgan fingerprint density at radius 2 is 1.70 bits per heavy atom. The van der Waals surface area contributed by atoms with E-state index in [1.807, 2.05) is 0 Å². The van der Waals surface area contributed by atoms with Crippen molar-refractivity contribution in [3.05, 3.63) is 58.6 Å². The van der Waals surface area contributed by atoms with E-state index in [1.165, 1.54) is 23.5 Å². The predicted octanol–water partition coefficient (Wildman–Crippen LogP) is 5.71. The van der Waals surface area contributed by atoms with Gasteiger partial charge in [0.15, 0.2) is 0 Å². The minimum atomic E-state index is -6.93. The van der Waals surface area contributed by atoms with Crippen LogP contribution >= 0.6 is 9.45 Å². The van der Waals surface area contributed by atoms with E-state index in [-0.39, 0.29) is 10.9 Å². The molecule has 1 aromatic heterocycles. The lowest BCUT2D eigenvalue weighted by molar-refractivity contribution is 0.263. The minimum absolute atomic E-state index is 0.0537. The van der Waals surface area contributed by atoms with Crippen LogP contribution in [0, 0.1) is 6.92 Å². The zero-order valence-corrected chi connectivity index (χ0v) is 20.0. The summed E-state index contributed by atoms with van der Waals surface area (Å²) in [6.07, 6.45) is 4.09. The molecule has 0 spiro atoms. The lowest BCUT2D eigenvalue weighted by Gasteiger charge is -2.51. The normalized spacial score (nSPS) is 17.2. The Labute approximate surface area is 191 Å². The van der Waals surface area contributed by atoms with Gasteiger partial charge in [0.25, 0.3) is 5.56 Å². The number of rotatable bonds is 7. The molecule has 0 bridgehead atoms. The first-order valence-electron chi connectivity index (χ1n) is 11.1. The first-order valence-corrected chi connectivity index (χ1v) is 14.0. The molecule has 0 unspecified atom stereocenters. The maximum Gasteiger partial charge on any atom is 0.266 e. The zero-order valence-electron chi connectivity index (χ0n) is 19.2. The third kappa shape index (κ3) is 5.35. The molecule has 0 saturated carbocycles. The number of aryl methyl sites for hydroxylation is 1. The van der Waals surface area contributed by atoms with Crippen molar-refractivity contribution < 1.29 is 16.4 Å². The smallest absolute Gasteiger partial charge is 0.266 e. The van der Waals surface area contributed by atoms with Crippen molar-refractivity contribution in [2.24, 2.45) is 0 Å². The SMILES string of the molecule is Cc1nc2ccc(S(C)(C)(F)(F)F)cc2c(=O)n1-c1ccc(OCCCN2CCCC2)cc1. The maximum atomic E-state index is 14.6. The molecule has 1 aliphatic rings. The number of halogens is 3. The standard InChI is InChI=1S/C24H30F3N3O2S/c1-18-28-23-12-11-21(33(2,3,25,26)27)17-22(23)24(31)30(18)19-7-9-20(10-8-19)32-16-6-15-29-13-4-5-14-29/h7-12,17H,4-6,13-16H2,1-3H3. The Hall–Kier alpha value is -2.52. The van der Waals surface area contributed by atoms with Crippen LogP contribution in [0.5, 0.6) is 5.75 Å². The summed E-state index contributed by atoms with van der Waals surface area (Å²) in [7, 11) is -6.93. The number of benzene rings is 2. The number of ether oxygens (including phenoxy) is 1. The van der Waals surface area contributed by atoms with Crippen molar-refractivity contribution in [1.82, 2.24) is 14.5 Å². The second kappa shape index (κ2) is 7.77. The molecule has 1 fully saturated rings. The highest BCUT2D eigenvalue weighted by molar-refractivity contribution is 8.52. The largest absolute Gasteiger partial charge is 0.494 e. The van der Waals surface area contributed by atoms with Crippen molar-refractivity contribution in [2.75, 3.05) is 38.8 Å². The van der Waals surface area contributed by atoms with Crippen LogP contribution in [-0.2, 0) is 0 Å². The molecule has 0 atom stereocenters. The van der Waals surface area contributed by atoms with Crippen molar-refractivity contribution in [1.29, 1.82) is 0 Å². The van der Waals surface area contributed by atoms with Crippen LogP contribution in [0.3, 0.4) is 0 Å². The van der Waals surface area contributed by atoms with Crippen LogP contribution in [0.1, 0.15) is 25.1 Å². The molecular weight excluding hydrogens is 451 g/mol. The van der Waals surface area contributed by atoms with Crippen molar-refractivity contribution in [3.8, 4) is 11.4 Å². The number of nitrogens with zero attached hydrogens (tertiary/aromatic N) is 3. The molecule has 0 N–H and O–H groups in total. The third-order valence-corrected chi connectivity index (χ3v) is 7.66. The first kappa shape index (κ1) is 23.6. The molecule has 5 nitrogen and oxygen atoms in total. The van der Waals surface area contributed by atoms with Gasteiger partial charge in [0, 0.05) is 19.1 Å². The average Bonchev–Trinajstić information content (AvgIpc) is 3.24. The number of hydrogen-bond acceptors (Lipinski definition) is 4. The molecule has 180 valence electrons. The van der Waals surface area contributed by atoms with Crippen LogP contribution in [0.4, 0.5) is 11.7 Å². The summed E-state index contributed by atoms with van der Waals surface area (Å²) in [5.74, 6) is 1.09. The number of likely N-dealkylation sites (tertiary alicyclic amines) is 1. The van der Waals surface area contributed by atoms with Gasteiger partial charge in [-0.05, 0) is 81.7 Å². The summed E-state index contributed by atoms with van der Waals surface area (Å²) in [4.78, 5) is 19.2. The fourth-order valence-corrected chi connectivity index (χ4v) is 5.14. The molecule has 0 radical (unpaired) electrons. The quantitative estimate of drug-likeness (QED) is 0.406. The van der Waals surface area contributed by atoms with E-state index in [4.69, 9.17) is 4.74 Å². The van der Waals surface area contributed by atoms with Gasteiger partial charge >= 0.3 is 0 Å². The Morgan fingerprint density at radius 3 is 2.33 bits per heavy atom. The lowest BCUT2D eigenvalue weighted by atomic mass is 10.2. The van der Waals surface area contributed by atoms with E-state index in [0.29, 0.717) is 36.4 Å². The van der Waals surface area contributed by atoms with E-state index >= 15 is 0 Å². The molecular formula is C24H30F3N3O2S. The molecule has 2 aromatic carbocycles. The summed E-state index contributed by atoms with van der Waals surface area (Å²) in [5.41, 5.74) is 0.249. The van der Waals surface area contributed by atoms with Gasteiger partial charge in [0.1, 0.15) is 11.6 Å². The molecule has 1 aliphatic heterocycles. The average molecular weight is 482 g/mol. The highest BCUT2D eigenvalue weighted by atomic mass is 32.4. The minimum Gasteiger partial charge on any atom is -0.494 e. The van der Waals surface area contributed by atoms with Crippen LogP contribution in [0.2, 0.25) is 0 Å². The van der Waals surface area contributed by atoms with Crippen LogP contribution in [-0.4, -0.2) is 53.2 Å². The summed E-state index contributed by atoms with van der Waals surface area (Å²) >= 11 is 0. The second-order valence-electron chi connectivity index (χ2n) is 9.37. The van der Waals surface area contributed by atoms with Gasteiger partial charge in [-0.25, -0.2) is 4.98 Å². The molecule has 2 heterocycles. The highest BCUT2D eigenvalue weighted by Gasteiger charge is 2.53. The zero-order chi connectivity index (χ0) is 23.9. The Morgan fingerprint density at radius 1 is 1.03 bits per heavy atom. The van der Waals surface area contributed by atoms with Gasteiger partial charge in [-0.2, -0.15) is 0 Å². The highest BCUT2D eigenvalue weighted by Crippen LogP contribution is 2.94. The summed E-state index contributed by atoms with van der Waals surface area (Å²) < 4.78 is 50.8. The molecule has 4 rings (SSSR count).